The van der Waals surface area contributed by atoms with E-state index in [2.05, 4.69) is 46.6 Å². The van der Waals surface area contributed by atoms with Gasteiger partial charge in [-0.1, -0.05) is 25.1 Å². The number of carbonyl (C=O) groups is 1. The van der Waals surface area contributed by atoms with Gasteiger partial charge < -0.3 is 19.5 Å². The van der Waals surface area contributed by atoms with Crippen LogP contribution in [0.3, 0.4) is 0 Å². The zero-order chi connectivity index (χ0) is 22.8. The molecule has 3 heterocycles. The number of nitrogens with one attached hydrogen (secondary N) is 1. The molecule has 1 aliphatic rings. The molecule has 0 radical (unpaired) electrons. The molecule has 6 nitrogen and oxygen atoms in total. The molecular formula is C25H28N4O2S. The molecule has 0 saturated carbocycles. The van der Waals surface area contributed by atoms with E-state index >= 15 is 0 Å². The second-order valence-corrected chi connectivity index (χ2v) is 8.38. The Labute approximate surface area is 194 Å². The number of rotatable bonds is 6. The number of hydrogen-bond donors (Lipinski definition) is 1. The van der Waals surface area contributed by atoms with E-state index in [1.165, 1.54) is 12.7 Å². The minimum absolute atomic E-state index is 0.00240. The molecule has 1 saturated heterocycles. The predicted molar refractivity (Wildman–Crippen MR) is 129 cm³/mol. The molecule has 1 N–H and O–H groups in total. The Morgan fingerprint density at radius 2 is 1.94 bits per heavy atom. The number of carbonyl (C=O) groups excluding carboxylic acids is 1. The van der Waals surface area contributed by atoms with Crippen LogP contribution in [0.2, 0.25) is 0 Å². The smallest absolute Gasteiger partial charge is 0.339 e. The highest BCUT2D eigenvalue weighted by atomic mass is 32.1. The van der Waals surface area contributed by atoms with Gasteiger partial charge >= 0.3 is 5.97 Å². The fraction of sp³-hybridized carbons (Fsp3) is 0.320. The van der Waals surface area contributed by atoms with Gasteiger partial charge in [-0.3, -0.25) is 4.98 Å². The zero-order valence-electron chi connectivity index (χ0n) is 18.8. The standard InChI is InChI=1S/C25H28N4O2S/c1-5-14-28-23(22(27-25(28)32)20-11-8-9-13-26-20)19-15-16(2)29(17(19)3)21-12-7-6-10-18(21)24(30)31-4/h6-13,15,22-23H,5,14H2,1-4H3,(H,27,32)/t22-,23+/m0/s1. The number of para-hydroxylation sites is 1. The molecule has 0 bridgehead atoms. The molecule has 1 fully saturated rings. The highest BCUT2D eigenvalue weighted by Gasteiger charge is 2.41. The van der Waals surface area contributed by atoms with Gasteiger partial charge in [0.1, 0.15) is 0 Å². The van der Waals surface area contributed by atoms with E-state index < -0.39 is 0 Å². The van der Waals surface area contributed by atoms with Crippen molar-refractivity contribution in [3.05, 3.63) is 82.9 Å². The Morgan fingerprint density at radius 1 is 1.19 bits per heavy atom. The maximum absolute atomic E-state index is 12.4. The lowest BCUT2D eigenvalue weighted by molar-refractivity contribution is 0.0600. The summed E-state index contributed by atoms with van der Waals surface area (Å²) in [5.74, 6) is -0.350. The third-order valence-corrected chi connectivity index (χ3v) is 6.35. The van der Waals surface area contributed by atoms with Crippen LogP contribution in [0.25, 0.3) is 5.69 Å². The highest BCUT2D eigenvalue weighted by Crippen LogP contribution is 2.41. The van der Waals surface area contributed by atoms with Gasteiger partial charge in [-0.15, -0.1) is 0 Å². The lowest BCUT2D eigenvalue weighted by Crippen LogP contribution is -2.30. The van der Waals surface area contributed by atoms with E-state index in [4.69, 9.17) is 17.0 Å². The van der Waals surface area contributed by atoms with Crippen LogP contribution in [0.15, 0.2) is 54.7 Å². The van der Waals surface area contributed by atoms with E-state index in [-0.39, 0.29) is 18.1 Å². The lowest BCUT2D eigenvalue weighted by atomic mass is 9.96. The number of methoxy groups -OCH3 is 1. The van der Waals surface area contributed by atoms with Crippen molar-refractivity contribution in [3.8, 4) is 5.69 Å². The van der Waals surface area contributed by atoms with Gasteiger partial charge in [0.25, 0.3) is 0 Å². The topological polar surface area (TPSA) is 59.4 Å². The van der Waals surface area contributed by atoms with Gasteiger partial charge in [0.2, 0.25) is 0 Å². The van der Waals surface area contributed by atoms with E-state index in [1.807, 2.05) is 42.6 Å². The molecule has 2 aromatic heterocycles. The highest BCUT2D eigenvalue weighted by molar-refractivity contribution is 7.80. The predicted octanol–water partition coefficient (Wildman–Crippen LogP) is 4.66. The number of aromatic nitrogens is 2. The summed E-state index contributed by atoms with van der Waals surface area (Å²) >= 11 is 5.73. The number of hydrogen-bond acceptors (Lipinski definition) is 4. The molecule has 1 aliphatic heterocycles. The molecule has 7 heteroatoms. The van der Waals surface area contributed by atoms with Crippen molar-refractivity contribution < 1.29 is 9.53 Å². The average Bonchev–Trinajstić information content (AvgIpc) is 3.29. The van der Waals surface area contributed by atoms with Crippen LogP contribution in [0.5, 0.6) is 0 Å². The second-order valence-electron chi connectivity index (χ2n) is 7.99. The SMILES string of the molecule is CCCN1C(=S)N[C@@H](c2ccccn2)[C@H]1c1cc(C)n(-c2ccccc2C(=O)OC)c1C. The largest absolute Gasteiger partial charge is 0.465 e. The van der Waals surface area contributed by atoms with Crippen molar-refractivity contribution in [1.82, 2.24) is 19.8 Å². The summed E-state index contributed by atoms with van der Waals surface area (Å²) in [6.07, 6.45) is 2.80. The summed E-state index contributed by atoms with van der Waals surface area (Å²) in [5, 5.41) is 4.24. The van der Waals surface area contributed by atoms with Crippen molar-refractivity contribution in [2.24, 2.45) is 0 Å². The second kappa shape index (κ2) is 9.12. The van der Waals surface area contributed by atoms with Crippen LogP contribution in [-0.2, 0) is 4.74 Å². The van der Waals surface area contributed by atoms with Crippen LogP contribution in [0.4, 0.5) is 0 Å². The fourth-order valence-electron chi connectivity index (χ4n) is 4.63. The van der Waals surface area contributed by atoms with Gasteiger partial charge in [0.15, 0.2) is 5.11 Å². The third-order valence-electron chi connectivity index (χ3n) is 6.00. The number of thiocarbonyl (C=S) groups is 1. The molecule has 0 aliphatic carbocycles. The minimum atomic E-state index is -0.350. The van der Waals surface area contributed by atoms with E-state index in [9.17, 15) is 4.79 Å². The summed E-state index contributed by atoms with van der Waals surface area (Å²) < 4.78 is 7.15. The van der Waals surface area contributed by atoms with Crippen molar-refractivity contribution in [2.45, 2.75) is 39.3 Å². The quantitative estimate of drug-likeness (QED) is 0.437. The first-order chi connectivity index (χ1) is 15.5. The molecule has 0 amide bonds. The van der Waals surface area contributed by atoms with Gasteiger partial charge in [-0.2, -0.15) is 0 Å². The molecule has 4 rings (SSSR count). The van der Waals surface area contributed by atoms with Crippen LogP contribution in [0, 0.1) is 13.8 Å². The van der Waals surface area contributed by atoms with Gasteiger partial charge in [-0.05, 0) is 68.4 Å². The van der Waals surface area contributed by atoms with Crippen LogP contribution in [0.1, 0.15) is 58.4 Å². The molecular weight excluding hydrogens is 420 g/mol. The summed E-state index contributed by atoms with van der Waals surface area (Å²) in [5.41, 5.74) is 5.58. The van der Waals surface area contributed by atoms with Crippen molar-refractivity contribution in [2.75, 3.05) is 13.7 Å². The van der Waals surface area contributed by atoms with Gasteiger partial charge in [-0.25, -0.2) is 4.79 Å². The van der Waals surface area contributed by atoms with E-state index in [0.717, 1.165) is 40.8 Å². The number of pyridine rings is 1. The first kappa shape index (κ1) is 22.0. The van der Waals surface area contributed by atoms with Crippen LogP contribution < -0.4 is 5.32 Å². The van der Waals surface area contributed by atoms with Crippen molar-refractivity contribution in [3.63, 3.8) is 0 Å². The van der Waals surface area contributed by atoms with E-state index in [0.29, 0.717) is 5.56 Å². The Morgan fingerprint density at radius 3 is 2.62 bits per heavy atom. The molecule has 2 atom stereocenters. The first-order valence-electron chi connectivity index (χ1n) is 10.8. The van der Waals surface area contributed by atoms with Gasteiger partial charge in [0.05, 0.1) is 36.1 Å². The number of nitrogens with zero attached hydrogens (tertiary/aromatic N) is 3. The van der Waals surface area contributed by atoms with Gasteiger partial charge in [0, 0.05) is 24.1 Å². The maximum atomic E-state index is 12.4. The molecule has 0 spiro atoms. The summed E-state index contributed by atoms with van der Waals surface area (Å²) in [6.45, 7) is 7.16. The summed E-state index contributed by atoms with van der Waals surface area (Å²) in [7, 11) is 1.41. The molecule has 0 unspecified atom stereocenters. The lowest BCUT2D eigenvalue weighted by Gasteiger charge is -2.28. The Bertz CT molecular complexity index is 1140. The fourth-order valence-corrected chi connectivity index (χ4v) is 4.97. The minimum Gasteiger partial charge on any atom is -0.465 e. The van der Waals surface area contributed by atoms with Crippen LogP contribution >= 0.6 is 12.2 Å². The third kappa shape index (κ3) is 3.77. The first-order valence-corrected chi connectivity index (χ1v) is 11.2. The van der Waals surface area contributed by atoms with Crippen molar-refractivity contribution >= 4 is 23.3 Å². The maximum Gasteiger partial charge on any atom is 0.339 e. The van der Waals surface area contributed by atoms with Crippen LogP contribution in [-0.4, -0.2) is 39.2 Å². The number of benzene rings is 1. The zero-order valence-corrected chi connectivity index (χ0v) is 19.6. The summed E-state index contributed by atoms with van der Waals surface area (Å²) in [6, 6.07) is 15.6. The number of aryl methyl sites for hydroxylation is 1. The molecule has 3 aromatic rings. The average molecular weight is 449 g/mol. The van der Waals surface area contributed by atoms with E-state index in [1.54, 1.807) is 6.07 Å². The molecule has 1 aromatic carbocycles. The normalized spacial score (nSPS) is 18.0. The monoisotopic (exact) mass is 448 g/mol. The summed E-state index contributed by atoms with van der Waals surface area (Å²) in [4.78, 5) is 19.3. The Hall–Kier alpha value is -3.19. The number of ether oxygens (including phenoxy) is 1. The Kier molecular flexibility index (Phi) is 6.28. The Balaban J connectivity index is 1.86. The number of esters is 1. The van der Waals surface area contributed by atoms with Crippen molar-refractivity contribution in [1.29, 1.82) is 0 Å². The molecule has 32 heavy (non-hydrogen) atoms. The molecule has 166 valence electrons.